The van der Waals surface area contributed by atoms with Gasteiger partial charge >= 0.3 is 0 Å². The summed E-state index contributed by atoms with van der Waals surface area (Å²) in [5.41, 5.74) is 8.21. The normalized spacial score (nSPS) is 12.7. The van der Waals surface area contributed by atoms with Gasteiger partial charge < -0.3 is 5.73 Å². The molecule has 0 fully saturated rings. The molecule has 0 aliphatic rings. The molecule has 0 bridgehead atoms. The van der Waals surface area contributed by atoms with Crippen LogP contribution >= 0.6 is 0 Å². The molecule has 0 aliphatic carbocycles. The number of pyridine rings is 1. The summed E-state index contributed by atoms with van der Waals surface area (Å²) in [5.74, 6) is -0.281. The maximum Gasteiger partial charge on any atom is 0.124 e. The van der Waals surface area contributed by atoms with E-state index in [1.54, 1.807) is 23.1 Å². The molecule has 1 aromatic carbocycles. The van der Waals surface area contributed by atoms with Gasteiger partial charge in [0.1, 0.15) is 5.82 Å². The van der Waals surface area contributed by atoms with Crippen LogP contribution < -0.4 is 5.73 Å². The lowest BCUT2D eigenvalue weighted by Gasteiger charge is -2.06. The number of hydrogen-bond donors (Lipinski definition) is 1. The summed E-state index contributed by atoms with van der Waals surface area (Å²) >= 11 is 0. The van der Waals surface area contributed by atoms with E-state index in [2.05, 4.69) is 15.3 Å². The first-order chi connectivity index (χ1) is 10.2. The SMILES string of the molecule is CCC(N)c1cn(Cc2cc(F)cc3cccnc23)nn1. The topological polar surface area (TPSA) is 69.6 Å². The van der Waals surface area contributed by atoms with Crippen LogP contribution in [-0.4, -0.2) is 20.0 Å². The summed E-state index contributed by atoms with van der Waals surface area (Å²) in [6.45, 7) is 2.41. The summed E-state index contributed by atoms with van der Waals surface area (Å²) in [6.07, 6.45) is 4.29. The lowest BCUT2D eigenvalue weighted by molar-refractivity contribution is 0.616. The smallest absolute Gasteiger partial charge is 0.124 e. The fraction of sp³-hybridized carbons (Fsp3) is 0.267. The average Bonchev–Trinajstić information content (AvgIpc) is 2.95. The van der Waals surface area contributed by atoms with Crippen LogP contribution in [0.15, 0.2) is 36.7 Å². The molecule has 0 saturated heterocycles. The van der Waals surface area contributed by atoms with E-state index in [1.807, 2.05) is 13.0 Å². The Bertz CT molecular complexity index is 768. The summed E-state index contributed by atoms with van der Waals surface area (Å²) in [5, 5.41) is 8.89. The Morgan fingerprint density at radius 2 is 2.24 bits per heavy atom. The highest BCUT2D eigenvalue weighted by Gasteiger charge is 2.11. The first kappa shape index (κ1) is 13.6. The minimum atomic E-state index is -0.281. The Labute approximate surface area is 121 Å². The standard InChI is InChI=1S/C15H16FN5/c1-2-13(17)14-9-21(20-19-14)8-11-7-12(16)6-10-4-3-5-18-15(10)11/h3-7,9,13H,2,8,17H2,1H3. The molecule has 3 aromatic rings. The molecule has 0 amide bonds. The molecule has 108 valence electrons. The fourth-order valence-electron chi connectivity index (χ4n) is 2.29. The maximum atomic E-state index is 13.7. The Hall–Kier alpha value is -2.34. The molecule has 5 nitrogen and oxygen atoms in total. The number of nitrogens with zero attached hydrogens (tertiary/aromatic N) is 4. The van der Waals surface area contributed by atoms with Gasteiger partial charge in [0.15, 0.2) is 0 Å². The van der Waals surface area contributed by atoms with Gasteiger partial charge in [-0.15, -0.1) is 5.10 Å². The van der Waals surface area contributed by atoms with Crippen LogP contribution in [0.1, 0.15) is 30.6 Å². The van der Waals surface area contributed by atoms with E-state index >= 15 is 0 Å². The maximum absolute atomic E-state index is 13.7. The zero-order chi connectivity index (χ0) is 14.8. The minimum absolute atomic E-state index is 0.124. The van der Waals surface area contributed by atoms with Gasteiger partial charge in [0.2, 0.25) is 0 Å². The third-order valence-electron chi connectivity index (χ3n) is 3.46. The summed E-state index contributed by atoms with van der Waals surface area (Å²) < 4.78 is 15.4. The molecule has 2 N–H and O–H groups in total. The van der Waals surface area contributed by atoms with Crippen molar-refractivity contribution in [3.05, 3.63) is 53.7 Å². The predicted molar refractivity (Wildman–Crippen MR) is 78.0 cm³/mol. The van der Waals surface area contributed by atoms with Gasteiger partial charge in [-0.05, 0) is 24.6 Å². The molecule has 1 atom stereocenters. The highest BCUT2D eigenvalue weighted by molar-refractivity contribution is 5.81. The first-order valence-corrected chi connectivity index (χ1v) is 6.86. The molecule has 0 radical (unpaired) electrons. The average molecular weight is 285 g/mol. The van der Waals surface area contributed by atoms with Crippen molar-refractivity contribution in [3.8, 4) is 0 Å². The summed E-state index contributed by atoms with van der Waals surface area (Å²) in [6, 6.07) is 6.47. The molecule has 0 spiro atoms. The van der Waals surface area contributed by atoms with Crippen molar-refractivity contribution in [3.63, 3.8) is 0 Å². The van der Waals surface area contributed by atoms with Crippen molar-refractivity contribution >= 4 is 10.9 Å². The zero-order valence-electron chi connectivity index (χ0n) is 11.7. The largest absolute Gasteiger partial charge is 0.323 e. The Kier molecular flexibility index (Phi) is 3.62. The van der Waals surface area contributed by atoms with E-state index < -0.39 is 0 Å². The quantitative estimate of drug-likeness (QED) is 0.799. The van der Waals surface area contributed by atoms with Crippen molar-refractivity contribution in [2.24, 2.45) is 5.73 Å². The number of halogens is 1. The van der Waals surface area contributed by atoms with Gasteiger partial charge in [-0.1, -0.05) is 18.2 Å². The molecule has 2 aromatic heterocycles. The minimum Gasteiger partial charge on any atom is -0.323 e. The van der Waals surface area contributed by atoms with Crippen molar-refractivity contribution < 1.29 is 4.39 Å². The fourth-order valence-corrected chi connectivity index (χ4v) is 2.29. The number of rotatable bonds is 4. The van der Waals surface area contributed by atoms with Crippen molar-refractivity contribution in [1.29, 1.82) is 0 Å². The monoisotopic (exact) mass is 285 g/mol. The number of fused-ring (bicyclic) bond motifs is 1. The van der Waals surface area contributed by atoms with E-state index in [9.17, 15) is 4.39 Å². The van der Waals surface area contributed by atoms with Crippen LogP contribution in [-0.2, 0) is 6.54 Å². The van der Waals surface area contributed by atoms with Gasteiger partial charge in [-0.3, -0.25) is 4.98 Å². The lowest BCUT2D eigenvalue weighted by Crippen LogP contribution is -2.08. The number of aromatic nitrogens is 4. The lowest BCUT2D eigenvalue weighted by atomic mass is 10.1. The second-order valence-corrected chi connectivity index (χ2v) is 5.00. The van der Waals surface area contributed by atoms with E-state index in [0.29, 0.717) is 6.54 Å². The second-order valence-electron chi connectivity index (χ2n) is 5.00. The summed E-state index contributed by atoms with van der Waals surface area (Å²) in [4.78, 5) is 4.32. The molecule has 0 saturated carbocycles. The van der Waals surface area contributed by atoms with Gasteiger partial charge in [-0.2, -0.15) is 0 Å². The van der Waals surface area contributed by atoms with E-state index in [0.717, 1.165) is 28.6 Å². The van der Waals surface area contributed by atoms with Crippen LogP contribution in [0.4, 0.5) is 4.39 Å². The van der Waals surface area contributed by atoms with E-state index in [4.69, 9.17) is 5.73 Å². The number of benzene rings is 1. The molecular weight excluding hydrogens is 269 g/mol. The van der Waals surface area contributed by atoms with Crippen molar-refractivity contribution in [2.75, 3.05) is 0 Å². The van der Waals surface area contributed by atoms with Gasteiger partial charge in [0.25, 0.3) is 0 Å². The van der Waals surface area contributed by atoms with Crippen molar-refractivity contribution in [2.45, 2.75) is 25.9 Å². The Morgan fingerprint density at radius 3 is 3.05 bits per heavy atom. The Morgan fingerprint density at radius 1 is 1.38 bits per heavy atom. The van der Waals surface area contributed by atoms with Crippen LogP contribution in [0.2, 0.25) is 0 Å². The van der Waals surface area contributed by atoms with Gasteiger partial charge in [-0.25, -0.2) is 9.07 Å². The van der Waals surface area contributed by atoms with Gasteiger partial charge in [0.05, 0.1) is 30.0 Å². The highest BCUT2D eigenvalue weighted by Crippen LogP contribution is 2.19. The van der Waals surface area contributed by atoms with Crippen LogP contribution in [0, 0.1) is 5.82 Å². The van der Waals surface area contributed by atoms with Crippen LogP contribution in [0.25, 0.3) is 10.9 Å². The van der Waals surface area contributed by atoms with E-state index in [1.165, 1.54) is 12.1 Å². The molecule has 2 heterocycles. The Balaban J connectivity index is 1.96. The molecule has 1 unspecified atom stereocenters. The van der Waals surface area contributed by atoms with Crippen LogP contribution in [0.5, 0.6) is 0 Å². The number of nitrogens with two attached hydrogens (primary N) is 1. The second kappa shape index (κ2) is 5.57. The predicted octanol–water partition coefficient (Wildman–Crippen LogP) is 2.42. The first-order valence-electron chi connectivity index (χ1n) is 6.86. The molecule has 21 heavy (non-hydrogen) atoms. The third kappa shape index (κ3) is 2.75. The van der Waals surface area contributed by atoms with Crippen molar-refractivity contribution in [1.82, 2.24) is 20.0 Å². The molecule has 0 aliphatic heterocycles. The molecular formula is C15H16FN5. The molecule has 6 heteroatoms. The zero-order valence-corrected chi connectivity index (χ0v) is 11.7. The van der Waals surface area contributed by atoms with E-state index in [-0.39, 0.29) is 11.9 Å². The van der Waals surface area contributed by atoms with Gasteiger partial charge in [0, 0.05) is 17.1 Å². The third-order valence-corrected chi connectivity index (χ3v) is 3.46. The molecule has 3 rings (SSSR count). The summed E-state index contributed by atoms with van der Waals surface area (Å²) in [7, 11) is 0. The highest BCUT2D eigenvalue weighted by atomic mass is 19.1. The number of hydrogen-bond acceptors (Lipinski definition) is 4. The van der Waals surface area contributed by atoms with Crippen LogP contribution in [0.3, 0.4) is 0 Å².